The molecule has 0 saturated carbocycles. The van der Waals surface area contributed by atoms with Gasteiger partial charge in [0.25, 0.3) is 0 Å². The van der Waals surface area contributed by atoms with Gasteiger partial charge < -0.3 is 14.8 Å². The Labute approximate surface area is 136 Å². The van der Waals surface area contributed by atoms with Crippen molar-refractivity contribution in [1.82, 2.24) is 4.90 Å². The van der Waals surface area contributed by atoms with Crippen molar-refractivity contribution >= 4 is 17.6 Å². The van der Waals surface area contributed by atoms with Crippen LogP contribution in [0, 0.1) is 5.92 Å². The number of piperidine rings is 1. The number of benzene rings is 1. The van der Waals surface area contributed by atoms with Gasteiger partial charge in [0.1, 0.15) is 5.75 Å². The van der Waals surface area contributed by atoms with Crippen LogP contribution in [-0.2, 0) is 14.3 Å². The highest BCUT2D eigenvalue weighted by Gasteiger charge is 2.27. The van der Waals surface area contributed by atoms with E-state index < -0.39 is 0 Å². The van der Waals surface area contributed by atoms with E-state index in [1.807, 2.05) is 4.90 Å². The Morgan fingerprint density at radius 1 is 1.30 bits per heavy atom. The zero-order valence-electron chi connectivity index (χ0n) is 13.7. The van der Waals surface area contributed by atoms with Gasteiger partial charge in [-0.15, -0.1) is 0 Å². The predicted molar refractivity (Wildman–Crippen MR) is 87.4 cm³/mol. The maximum Gasteiger partial charge on any atom is 0.310 e. The van der Waals surface area contributed by atoms with Crippen LogP contribution < -0.4 is 10.1 Å². The van der Waals surface area contributed by atoms with E-state index in [1.165, 1.54) is 0 Å². The lowest BCUT2D eigenvalue weighted by atomic mass is 9.98. The number of amides is 1. The maximum atomic E-state index is 12.1. The van der Waals surface area contributed by atoms with Crippen LogP contribution in [0.25, 0.3) is 0 Å². The van der Waals surface area contributed by atoms with Crippen LogP contribution in [0.2, 0.25) is 0 Å². The number of nitrogens with zero attached hydrogens (tertiary/aromatic N) is 1. The molecule has 0 spiro atoms. The molecule has 1 amide bonds. The number of hydrogen-bond donors (Lipinski definition) is 1. The fourth-order valence-corrected chi connectivity index (χ4v) is 2.73. The molecule has 0 aliphatic carbocycles. The largest absolute Gasteiger partial charge is 0.497 e. The molecule has 1 aromatic carbocycles. The lowest BCUT2D eigenvalue weighted by molar-refractivity contribution is -0.150. The van der Waals surface area contributed by atoms with E-state index in [2.05, 4.69) is 5.32 Å². The van der Waals surface area contributed by atoms with Gasteiger partial charge in [-0.1, -0.05) is 0 Å². The van der Waals surface area contributed by atoms with E-state index in [1.54, 1.807) is 38.3 Å². The molecular formula is C17H24N2O4. The van der Waals surface area contributed by atoms with Crippen molar-refractivity contribution in [1.29, 1.82) is 0 Å². The second-order valence-corrected chi connectivity index (χ2v) is 5.60. The number of hydrogen-bond acceptors (Lipinski definition) is 5. The highest BCUT2D eigenvalue weighted by Crippen LogP contribution is 2.18. The van der Waals surface area contributed by atoms with E-state index >= 15 is 0 Å². The minimum atomic E-state index is -0.159. The topological polar surface area (TPSA) is 67.9 Å². The first-order valence-electron chi connectivity index (χ1n) is 7.95. The molecule has 1 aliphatic heterocycles. The Hall–Kier alpha value is -2.08. The van der Waals surface area contributed by atoms with Crippen LogP contribution in [0.5, 0.6) is 5.75 Å². The fourth-order valence-electron chi connectivity index (χ4n) is 2.73. The summed E-state index contributed by atoms with van der Waals surface area (Å²) in [6, 6.07) is 7.20. The molecule has 0 aromatic heterocycles. The third kappa shape index (κ3) is 5.25. The molecular weight excluding hydrogens is 296 g/mol. The van der Waals surface area contributed by atoms with Crippen molar-refractivity contribution in [3.63, 3.8) is 0 Å². The molecule has 2 rings (SSSR count). The molecule has 6 heteroatoms. The third-order valence-corrected chi connectivity index (χ3v) is 3.87. The summed E-state index contributed by atoms with van der Waals surface area (Å²) in [7, 11) is 1.60. The number of methoxy groups -OCH3 is 1. The van der Waals surface area contributed by atoms with Crippen molar-refractivity contribution in [3.8, 4) is 5.75 Å². The number of likely N-dealkylation sites (tertiary alicyclic amines) is 1. The van der Waals surface area contributed by atoms with E-state index in [-0.39, 0.29) is 24.3 Å². The van der Waals surface area contributed by atoms with Gasteiger partial charge >= 0.3 is 5.97 Å². The summed E-state index contributed by atoms with van der Waals surface area (Å²) in [5.74, 6) is 0.376. The Kier molecular flexibility index (Phi) is 6.40. The summed E-state index contributed by atoms with van der Waals surface area (Å²) in [6.45, 7) is 3.89. The SMILES string of the molecule is CCOC(=O)C1CCCN(CC(=O)Nc2ccc(OC)cc2)C1. The number of carbonyl (C=O) groups excluding carboxylic acids is 2. The van der Waals surface area contributed by atoms with Crippen LogP contribution >= 0.6 is 0 Å². The Morgan fingerprint density at radius 3 is 2.70 bits per heavy atom. The Morgan fingerprint density at radius 2 is 2.04 bits per heavy atom. The zero-order chi connectivity index (χ0) is 16.7. The molecule has 1 heterocycles. The van der Waals surface area contributed by atoms with Crippen LogP contribution in [0.3, 0.4) is 0 Å². The maximum absolute atomic E-state index is 12.1. The zero-order valence-corrected chi connectivity index (χ0v) is 13.7. The number of ether oxygens (including phenoxy) is 2. The first kappa shape index (κ1) is 17.3. The molecule has 6 nitrogen and oxygen atoms in total. The fraction of sp³-hybridized carbons (Fsp3) is 0.529. The summed E-state index contributed by atoms with van der Waals surface area (Å²) >= 11 is 0. The monoisotopic (exact) mass is 320 g/mol. The predicted octanol–water partition coefficient (Wildman–Crippen LogP) is 1.91. The average Bonchev–Trinajstić information content (AvgIpc) is 2.56. The normalized spacial score (nSPS) is 18.3. The highest BCUT2D eigenvalue weighted by molar-refractivity contribution is 5.92. The number of nitrogens with one attached hydrogen (secondary N) is 1. The Bertz CT molecular complexity index is 530. The molecule has 1 atom stereocenters. The van der Waals surface area contributed by atoms with Crippen molar-refractivity contribution in [2.75, 3.05) is 38.7 Å². The quantitative estimate of drug-likeness (QED) is 0.811. The molecule has 23 heavy (non-hydrogen) atoms. The third-order valence-electron chi connectivity index (χ3n) is 3.87. The van der Waals surface area contributed by atoms with Gasteiger partial charge in [0.05, 0.1) is 26.2 Å². The number of rotatable bonds is 6. The number of esters is 1. The standard InChI is InChI=1S/C17H24N2O4/c1-3-23-17(21)13-5-4-10-19(11-13)12-16(20)18-14-6-8-15(22-2)9-7-14/h6-9,13H,3-5,10-12H2,1-2H3,(H,18,20). The molecule has 1 aliphatic rings. The lowest BCUT2D eigenvalue weighted by Crippen LogP contribution is -2.43. The van der Waals surface area contributed by atoms with E-state index in [0.29, 0.717) is 13.2 Å². The first-order chi connectivity index (χ1) is 11.1. The summed E-state index contributed by atoms with van der Waals surface area (Å²) in [6.07, 6.45) is 1.73. The molecule has 0 radical (unpaired) electrons. The minimum absolute atomic E-state index is 0.0836. The summed E-state index contributed by atoms with van der Waals surface area (Å²) in [5.41, 5.74) is 0.731. The smallest absolute Gasteiger partial charge is 0.310 e. The van der Waals surface area contributed by atoms with Crippen LogP contribution in [0.15, 0.2) is 24.3 Å². The van der Waals surface area contributed by atoms with Gasteiger partial charge in [-0.3, -0.25) is 14.5 Å². The van der Waals surface area contributed by atoms with Crippen molar-refractivity contribution in [2.45, 2.75) is 19.8 Å². The van der Waals surface area contributed by atoms with Gasteiger partial charge in [-0.05, 0) is 50.6 Å². The first-order valence-corrected chi connectivity index (χ1v) is 7.95. The van der Waals surface area contributed by atoms with Gasteiger partial charge in [0, 0.05) is 12.2 Å². The summed E-state index contributed by atoms with van der Waals surface area (Å²) in [5, 5.41) is 2.86. The van der Waals surface area contributed by atoms with Crippen molar-refractivity contribution < 1.29 is 19.1 Å². The molecule has 126 valence electrons. The van der Waals surface area contributed by atoms with Gasteiger partial charge in [-0.2, -0.15) is 0 Å². The molecule has 1 fully saturated rings. The van der Waals surface area contributed by atoms with E-state index in [4.69, 9.17) is 9.47 Å². The molecule has 0 bridgehead atoms. The molecule has 1 N–H and O–H groups in total. The average molecular weight is 320 g/mol. The molecule has 1 aromatic rings. The van der Waals surface area contributed by atoms with Crippen molar-refractivity contribution in [3.05, 3.63) is 24.3 Å². The minimum Gasteiger partial charge on any atom is -0.497 e. The summed E-state index contributed by atoms with van der Waals surface area (Å²) < 4.78 is 10.2. The Balaban J connectivity index is 1.83. The van der Waals surface area contributed by atoms with Crippen LogP contribution in [0.4, 0.5) is 5.69 Å². The van der Waals surface area contributed by atoms with Crippen LogP contribution in [-0.4, -0.2) is 50.1 Å². The second-order valence-electron chi connectivity index (χ2n) is 5.60. The highest BCUT2D eigenvalue weighted by atomic mass is 16.5. The molecule has 1 unspecified atom stereocenters. The molecule has 1 saturated heterocycles. The number of anilines is 1. The van der Waals surface area contributed by atoms with E-state index in [9.17, 15) is 9.59 Å². The van der Waals surface area contributed by atoms with Gasteiger partial charge in [-0.25, -0.2) is 0 Å². The van der Waals surface area contributed by atoms with Crippen molar-refractivity contribution in [2.24, 2.45) is 5.92 Å². The van der Waals surface area contributed by atoms with E-state index in [0.717, 1.165) is 30.8 Å². The van der Waals surface area contributed by atoms with Gasteiger partial charge in [0.2, 0.25) is 5.91 Å². The van der Waals surface area contributed by atoms with Crippen LogP contribution in [0.1, 0.15) is 19.8 Å². The lowest BCUT2D eigenvalue weighted by Gasteiger charge is -2.30. The van der Waals surface area contributed by atoms with Gasteiger partial charge in [0.15, 0.2) is 0 Å². The summed E-state index contributed by atoms with van der Waals surface area (Å²) in [4.78, 5) is 26.0. The second kappa shape index (κ2) is 8.53. The number of carbonyl (C=O) groups is 2.